The summed E-state index contributed by atoms with van der Waals surface area (Å²) in [6.45, 7) is 5.02. The number of imide groups is 1. The molecule has 3 saturated carbocycles. The van der Waals surface area contributed by atoms with Gasteiger partial charge in [0.15, 0.2) is 0 Å². The Morgan fingerprint density at radius 3 is 2.53 bits per heavy atom. The smallest absolute Gasteiger partial charge is 0.340 e. The Morgan fingerprint density at radius 1 is 0.933 bits per heavy atom. The number of ether oxygens (including phenoxy) is 2. The van der Waals surface area contributed by atoms with Gasteiger partial charge in [-0.15, -0.1) is 0 Å². The van der Waals surface area contributed by atoms with E-state index in [-0.39, 0.29) is 108 Å². The first-order chi connectivity index (χ1) is 36.4. The molecule has 1 spiro atoms. The number of aliphatic hydroxyl groups excluding tert-OH is 3. The van der Waals surface area contributed by atoms with E-state index in [1.807, 2.05) is 6.92 Å². The minimum atomic E-state index is -1.01. The summed E-state index contributed by atoms with van der Waals surface area (Å²) in [4.78, 5) is 58.8. The Hall–Kier alpha value is -4.30. The third kappa shape index (κ3) is 9.07. The number of carbonyl (C=O) groups excluding carboxylic acids is 4. The van der Waals surface area contributed by atoms with Gasteiger partial charge in [-0.2, -0.15) is 0 Å². The summed E-state index contributed by atoms with van der Waals surface area (Å²) in [7, 11) is 3.47. The lowest BCUT2D eigenvalue weighted by Crippen LogP contribution is -2.54. The summed E-state index contributed by atoms with van der Waals surface area (Å²) in [5.74, 6) is 8.03. The van der Waals surface area contributed by atoms with Crippen LogP contribution in [-0.4, -0.2) is 94.2 Å². The molecule has 0 aromatic rings. The van der Waals surface area contributed by atoms with Gasteiger partial charge < -0.3 is 40.7 Å². The minimum Gasteiger partial charge on any atom is -0.427 e. The lowest BCUT2D eigenvalue weighted by Gasteiger charge is -2.57. The Kier molecular flexibility index (Phi) is 14.3. The van der Waals surface area contributed by atoms with Crippen molar-refractivity contribution in [1.82, 2.24) is 20.9 Å². The molecule has 1 saturated heterocycles. The van der Waals surface area contributed by atoms with Gasteiger partial charge in [-0.3, -0.25) is 14.5 Å². The molecule has 4 fully saturated rings. The first kappa shape index (κ1) is 51.5. The van der Waals surface area contributed by atoms with Crippen LogP contribution in [0.3, 0.4) is 0 Å². The van der Waals surface area contributed by atoms with Crippen LogP contribution in [0.5, 0.6) is 0 Å². The summed E-state index contributed by atoms with van der Waals surface area (Å²) >= 11 is 0. The maximum absolute atomic E-state index is 15.5. The highest BCUT2D eigenvalue weighted by molar-refractivity contribution is 8.76. The molecule has 0 aromatic carbocycles. The van der Waals surface area contributed by atoms with E-state index in [1.54, 1.807) is 21.6 Å². The number of allylic oxidation sites excluding steroid dienone is 7. The molecule has 13 rings (SSSR count). The standard InChI is InChI=1S/C60H74N4O9S2/c1-3-59(18-4-5-19-59)27-46-42-11-10-41-40-16-20-60(54(41)53(42)57(70)72-46)47-13-12-43(51-39-9-8-37-7-6-34(30-65)22-36(31-66)23-35(24-39)25-44(37)51)56(62-28-33(2)67)75-74-32-63-48-26-38(17-21-61-48)45(52(40)55(60)58(71)73-47)29-64-49(68)14-15-50(64)69/h8-9,13-15,17,26-27,33-37,39-41,43-45,51,54,56,61-63,65-67H,3-5,10-12,16,18-25,28-32H2,1-2H3. The van der Waals surface area contributed by atoms with Crippen molar-refractivity contribution in [2.24, 2.45) is 81.8 Å². The molecule has 5 aliphatic heterocycles. The Balaban J connectivity index is 1.04. The molecule has 0 aromatic heterocycles. The lowest BCUT2D eigenvalue weighted by atomic mass is 9.43. The maximum Gasteiger partial charge on any atom is 0.340 e. The summed E-state index contributed by atoms with van der Waals surface area (Å²) in [5, 5.41) is 42.8. The maximum atomic E-state index is 15.5. The van der Waals surface area contributed by atoms with Crippen molar-refractivity contribution in [2.45, 2.75) is 115 Å². The molecule has 0 radical (unpaired) electrons. The predicted octanol–water partition coefficient (Wildman–Crippen LogP) is 7.48. The van der Waals surface area contributed by atoms with Gasteiger partial charge in [0, 0.05) is 73.2 Å². The largest absolute Gasteiger partial charge is 0.427 e. The second-order valence-electron chi connectivity index (χ2n) is 24.1. The summed E-state index contributed by atoms with van der Waals surface area (Å²) < 4.78 is 13.3. The molecule has 15 unspecified atom stereocenters. The number of hydrogen-bond donors (Lipinski definition) is 6. The van der Waals surface area contributed by atoms with Crippen LogP contribution < -0.4 is 16.0 Å². The van der Waals surface area contributed by atoms with Crippen molar-refractivity contribution in [3.8, 4) is 11.8 Å². The van der Waals surface area contributed by atoms with Crippen LogP contribution >= 0.6 is 21.6 Å². The number of amides is 2. The minimum absolute atomic E-state index is 0.0215. The van der Waals surface area contributed by atoms with Crippen molar-refractivity contribution < 1.29 is 44.0 Å². The molecule has 8 aliphatic carbocycles. The Labute approximate surface area is 449 Å². The molecule has 75 heavy (non-hydrogen) atoms. The fraction of sp³-hybridized carbons (Fsp3) is 0.633. The van der Waals surface area contributed by atoms with Crippen LogP contribution in [0.15, 0.2) is 93.8 Å². The molecular weight excluding hydrogens is 985 g/mol. The zero-order valence-corrected chi connectivity index (χ0v) is 45.0. The molecule has 10 bridgehead atoms. The zero-order chi connectivity index (χ0) is 51.8. The van der Waals surface area contributed by atoms with E-state index in [1.165, 1.54) is 17.1 Å². The van der Waals surface area contributed by atoms with Crippen LogP contribution in [0.25, 0.3) is 0 Å². The highest BCUT2D eigenvalue weighted by atomic mass is 33.1. The van der Waals surface area contributed by atoms with Crippen LogP contribution in [0.1, 0.15) is 104 Å². The number of carbonyl (C=O) groups is 4. The third-order valence-corrected chi connectivity index (χ3v) is 22.6. The van der Waals surface area contributed by atoms with E-state index in [2.05, 4.69) is 71.2 Å². The van der Waals surface area contributed by atoms with Crippen LogP contribution in [0, 0.1) is 93.7 Å². The molecule has 13 nitrogen and oxygen atoms in total. The highest BCUT2D eigenvalue weighted by Crippen LogP contribution is 2.72. The average Bonchev–Trinajstić information content (AvgIpc) is 4.24. The quantitative estimate of drug-likeness (QED) is 0.0416. The zero-order valence-electron chi connectivity index (χ0n) is 43.4. The summed E-state index contributed by atoms with van der Waals surface area (Å²) in [6, 6.07) is 0. The highest BCUT2D eigenvalue weighted by Gasteiger charge is 2.69. The molecule has 15 atom stereocenters. The van der Waals surface area contributed by atoms with Crippen molar-refractivity contribution in [3.05, 3.63) is 93.8 Å². The molecule has 2 amide bonds. The van der Waals surface area contributed by atoms with E-state index in [0.29, 0.717) is 73.2 Å². The van der Waals surface area contributed by atoms with Crippen molar-refractivity contribution in [1.29, 1.82) is 0 Å². The summed E-state index contributed by atoms with van der Waals surface area (Å²) in [5.41, 5.74) is 3.09. The van der Waals surface area contributed by atoms with Gasteiger partial charge in [-0.25, -0.2) is 9.59 Å². The van der Waals surface area contributed by atoms with Crippen LogP contribution in [-0.2, 0) is 28.7 Å². The van der Waals surface area contributed by atoms with Gasteiger partial charge in [-0.1, -0.05) is 71.4 Å². The van der Waals surface area contributed by atoms with E-state index >= 15 is 4.79 Å². The van der Waals surface area contributed by atoms with Crippen molar-refractivity contribution >= 4 is 45.3 Å². The number of aliphatic hydroxyl groups is 3. The second kappa shape index (κ2) is 20.8. The number of nitrogens with one attached hydrogen (secondary N) is 3. The van der Waals surface area contributed by atoms with Gasteiger partial charge in [0.25, 0.3) is 11.8 Å². The monoisotopic (exact) mass is 1060 g/mol. The molecule has 13 aliphatic rings. The van der Waals surface area contributed by atoms with Crippen LogP contribution in [0.4, 0.5) is 0 Å². The van der Waals surface area contributed by atoms with Gasteiger partial charge in [0.1, 0.15) is 11.5 Å². The Morgan fingerprint density at radius 2 is 1.76 bits per heavy atom. The van der Waals surface area contributed by atoms with Gasteiger partial charge in [0.05, 0.1) is 40.8 Å². The fourth-order valence-corrected chi connectivity index (χ4v) is 19.4. The molecule has 400 valence electrons. The first-order valence-corrected chi connectivity index (χ1v) is 30.7. The lowest BCUT2D eigenvalue weighted by molar-refractivity contribution is -0.138. The van der Waals surface area contributed by atoms with E-state index in [0.717, 1.165) is 86.7 Å². The number of fused-ring (bicyclic) bond motifs is 4. The normalized spacial score (nSPS) is 39.5. The van der Waals surface area contributed by atoms with Crippen molar-refractivity contribution in [2.75, 3.05) is 38.7 Å². The van der Waals surface area contributed by atoms with E-state index < -0.39 is 23.4 Å². The number of nitrogens with zero attached hydrogens (tertiary/aromatic N) is 1. The van der Waals surface area contributed by atoms with Gasteiger partial charge in [-0.05, 0) is 166 Å². The number of hydrogen-bond acceptors (Lipinski definition) is 14. The fourth-order valence-electron chi connectivity index (χ4n) is 16.9. The van der Waals surface area contributed by atoms with Gasteiger partial charge in [0.2, 0.25) is 0 Å². The first-order valence-electron chi connectivity index (χ1n) is 28.3. The number of dihydropyridines is 1. The Bertz CT molecular complexity index is 2680. The predicted molar refractivity (Wildman–Crippen MR) is 287 cm³/mol. The molecular formula is C60H74N4O9S2. The molecule has 5 heterocycles. The molecule has 15 heteroatoms. The molecule has 6 N–H and O–H groups in total. The van der Waals surface area contributed by atoms with Crippen LogP contribution in [0.2, 0.25) is 0 Å². The average molecular weight is 1060 g/mol. The van der Waals surface area contributed by atoms with E-state index in [9.17, 15) is 29.7 Å². The number of rotatable bonds is 10. The SMILES string of the molecule is CCC1(C=C2OC(=O)C3=C2CCC2C4CCC5(C6=CCC(C7C8C=CC9C#CC(CO)CC(CO)CC(C8)CC97)C(NCC(C)O)SSCNC7=CC(=CCN7)C(CN7C(=O)C=CC7=O)C4=C5C(=O)O6)C32)CCCC1. The second-order valence-corrected chi connectivity index (χ2v) is 26.6. The topological polar surface area (TPSA) is 187 Å². The third-order valence-electron chi connectivity index (χ3n) is 20.1. The summed E-state index contributed by atoms with van der Waals surface area (Å²) in [6.07, 6.45) is 27.7. The van der Waals surface area contributed by atoms with E-state index in [4.69, 9.17) is 9.47 Å². The number of cyclic esters (lactones) is 1. The van der Waals surface area contributed by atoms with Crippen molar-refractivity contribution in [3.63, 3.8) is 0 Å². The number of esters is 2. The van der Waals surface area contributed by atoms with Gasteiger partial charge >= 0.3 is 11.9 Å².